The van der Waals surface area contributed by atoms with E-state index in [-0.39, 0.29) is 17.2 Å². The second kappa shape index (κ2) is 7.01. The van der Waals surface area contributed by atoms with Crippen molar-refractivity contribution in [1.82, 2.24) is 5.06 Å². The summed E-state index contributed by atoms with van der Waals surface area (Å²) in [5.41, 5.74) is -0.354. The lowest BCUT2D eigenvalue weighted by atomic mass is 9.72. The highest BCUT2D eigenvalue weighted by molar-refractivity contribution is 5.22. The molecule has 3 heteroatoms. The van der Waals surface area contributed by atoms with E-state index in [0.29, 0.717) is 0 Å². The number of piperidine rings is 1. The summed E-state index contributed by atoms with van der Waals surface area (Å²) in [5, 5.41) is 12.7. The van der Waals surface area contributed by atoms with Crippen molar-refractivity contribution in [2.75, 3.05) is 0 Å². The smallest absolute Gasteiger partial charge is 0.119 e. The molecular weight excluding hydrogens is 274 g/mol. The molecule has 1 aromatic carbocycles. The summed E-state index contributed by atoms with van der Waals surface area (Å²) in [4.78, 5) is 0. The van der Waals surface area contributed by atoms with E-state index in [9.17, 15) is 5.21 Å². The van der Waals surface area contributed by atoms with Gasteiger partial charge in [-0.2, -0.15) is 5.06 Å². The lowest BCUT2D eigenvalue weighted by molar-refractivity contribution is -0.279. The second-order valence-corrected chi connectivity index (χ2v) is 6.64. The third kappa shape index (κ3) is 3.02. The fraction of sp³-hybridized carbons (Fsp3) is 0.684. The molecule has 0 aliphatic carbocycles. The first kappa shape index (κ1) is 17.3. The Morgan fingerprint density at radius 1 is 0.955 bits per heavy atom. The van der Waals surface area contributed by atoms with Crippen molar-refractivity contribution >= 4 is 0 Å². The maximum Gasteiger partial charge on any atom is 0.119 e. The molecular formula is C19H31NO2. The molecule has 1 aliphatic heterocycles. The molecule has 1 aliphatic rings. The van der Waals surface area contributed by atoms with E-state index < -0.39 is 0 Å². The molecule has 1 N–H and O–H groups in total. The first-order valence-corrected chi connectivity index (χ1v) is 8.76. The Kier molecular flexibility index (Phi) is 5.51. The fourth-order valence-corrected chi connectivity index (χ4v) is 4.05. The summed E-state index contributed by atoms with van der Waals surface area (Å²) in [6.07, 6.45) is 5.69. The third-order valence-electron chi connectivity index (χ3n) is 5.79. The van der Waals surface area contributed by atoms with E-state index in [1.165, 1.54) is 0 Å². The topological polar surface area (TPSA) is 32.7 Å². The van der Waals surface area contributed by atoms with Gasteiger partial charge in [0.2, 0.25) is 0 Å². The van der Waals surface area contributed by atoms with Crippen LogP contribution in [0.3, 0.4) is 0 Å². The predicted octanol–water partition coefficient (Wildman–Crippen LogP) is 5.04. The van der Waals surface area contributed by atoms with Gasteiger partial charge in [-0.3, -0.25) is 0 Å². The van der Waals surface area contributed by atoms with Crippen LogP contribution in [0.5, 0.6) is 5.75 Å². The lowest BCUT2D eigenvalue weighted by Crippen LogP contribution is -2.65. The maximum atomic E-state index is 11.0. The summed E-state index contributed by atoms with van der Waals surface area (Å²) in [6, 6.07) is 10.1. The highest BCUT2D eigenvalue weighted by Crippen LogP contribution is 2.45. The van der Waals surface area contributed by atoms with Gasteiger partial charge < -0.3 is 9.94 Å². The number of benzene rings is 1. The summed E-state index contributed by atoms with van der Waals surface area (Å²) < 4.78 is 6.28. The number of para-hydroxylation sites is 1. The van der Waals surface area contributed by atoms with Crippen LogP contribution in [-0.2, 0) is 0 Å². The monoisotopic (exact) mass is 305 g/mol. The zero-order valence-corrected chi connectivity index (χ0v) is 14.5. The molecule has 0 spiro atoms. The number of ether oxygens (including phenoxy) is 1. The van der Waals surface area contributed by atoms with Gasteiger partial charge in [0.15, 0.2) is 0 Å². The minimum absolute atomic E-state index is 0.158. The molecule has 0 atom stereocenters. The Morgan fingerprint density at radius 3 is 1.82 bits per heavy atom. The molecule has 0 amide bonds. The van der Waals surface area contributed by atoms with Crippen LogP contribution in [0.2, 0.25) is 0 Å². The minimum atomic E-state index is -0.177. The van der Waals surface area contributed by atoms with Gasteiger partial charge >= 0.3 is 0 Å². The first-order chi connectivity index (χ1) is 10.6. The van der Waals surface area contributed by atoms with Gasteiger partial charge in [0.1, 0.15) is 11.9 Å². The van der Waals surface area contributed by atoms with Crippen LogP contribution in [0.4, 0.5) is 0 Å². The van der Waals surface area contributed by atoms with Crippen LogP contribution in [0.1, 0.15) is 66.2 Å². The van der Waals surface area contributed by atoms with E-state index in [0.717, 1.165) is 44.3 Å². The van der Waals surface area contributed by atoms with Crippen LogP contribution in [0, 0.1) is 0 Å². The van der Waals surface area contributed by atoms with E-state index in [2.05, 4.69) is 27.7 Å². The van der Waals surface area contributed by atoms with Gasteiger partial charge in [0.25, 0.3) is 0 Å². The van der Waals surface area contributed by atoms with Crippen LogP contribution < -0.4 is 4.74 Å². The largest absolute Gasteiger partial charge is 0.490 e. The van der Waals surface area contributed by atoms with Crippen molar-refractivity contribution in [2.45, 2.75) is 83.4 Å². The van der Waals surface area contributed by atoms with E-state index in [4.69, 9.17) is 4.74 Å². The second-order valence-electron chi connectivity index (χ2n) is 6.64. The van der Waals surface area contributed by atoms with Crippen molar-refractivity contribution in [3.63, 3.8) is 0 Å². The van der Waals surface area contributed by atoms with Crippen molar-refractivity contribution in [1.29, 1.82) is 0 Å². The fourth-order valence-electron chi connectivity index (χ4n) is 4.05. The number of hydrogen-bond acceptors (Lipinski definition) is 3. The average Bonchev–Trinajstić information content (AvgIpc) is 2.57. The molecule has 1 aromatic rings. The van der Waals surface area contributed by atoms with Gasteiger partial charge in [-0.25, -0.2) is 0 Å². The van der Waals surface area contributed by atoms with Crippen molar-refractivity contribution in [3.05, 3.63) is 30.3 Å². The summed E-state index contributed by atoms with van der Waals surface area (Å²) in [5.74, 6) is 0.932. The molecule has 1 saturated heterocycles. The Balaban J connectivity index is 2.28. The molecule has 0 saturated carbocycles. The molecule has 2 rings (SSSR count). The molecule has 0 aromatic heterocycles. The maximum absolute atomic E-state index is 11.0. The normalized spacial score (nSPS) is 21.7. The van der Waals surface area contributed by atoms with Crippen LogP contribution in [0.15, 0.2) is 30.3 Å². The standard InChI is InChI=1S/C19H31NO2/c1-5-18(6-2)14-17(22-16-12-10-9-11-13-16)15-19(7-3,8-4)20(18)21/h9-13,17,21H,5-8,14-15H2,1-4H3. The van der Waals surface area contributed by atoms with E-state index in [1.807, 2.05) is 30.3 Å². The van der Waals surface area contributed by atoms with Gasteiger partial charge in [0.05, 0.1) is 0 Å². The Morgan fingerprint density at radius 2 is 1.41 bits per heavy atom. The van der Waals surface area contributed by atoms with Crippen molar-refractivity contribution in [2.24, 2.45) is 0 Å². The Labute approximate surface area is 135 Å². The average molecular weight is 305 g/mol. The number of rotatable bonds is 6. The third-order valence-corrected chi connectivity index (χ3v) is 5.79. The van der Waals surface area contributed by atoms with E-state index >= 15 is 0 Å². The Bertz CT molecular complexity index is 430. The van der Waals surface area contributed by atoms with Gasteiger partial charge in [0, 0.05) is 23.9 Å². The van der Waals surface area contributed by atoms with Crippen molar-refractivity contribution < 1.29 is 9.94 Å². The summed E-state index contributed by atoms with van der Waals surface area (Å²) >= 11 is 0. The lowest BCUT2D eigenvalue weighted by Gasteiger charge is -2.56. The summed E-state index contributed by atoms with van der Waals surface area (Å²) in [7, 11) is 0. The van der Waals surface area contributed by atoms with Crippen LogP contribution in [-0.4, -0.2) is 27.5 Å². The minimum Gasteiger partial charge on any atom is -0.490 e. The Hall–Kier alpha value is -1.06. The molecule has 0 unspecified atom stereocenters. The molecule has 1 fully saturated rings. The van der Waals surface area contributed by atoms with Crippen molar-refractivity contribution in [3.8, 4) is 5.75 Å². The quantitative estimate of drug-likeness (QED) is 0.799. The van der Waals surface area contributed by atoms with Gasteiger partial charge in [-0.05, 0) is 37.8 Å². The van der Waals surface area contributed by atoms with Crippen LogP contribution >= 0.6 is 0 Å². The number of hydroxylamine groups is 2. The molecule has 3 nitrogen and oxygen atoms in total. The highest BCUT2D eigenvalue weighted by Gasteiger charge is 2.52. The molecule has 1 heterocycles. The predicted molar refractivity (Wildman–Crippen MR) is 90.3 cm³/mol. The van der Waals surface area contributed by atoms with Gasteiger partial charge in [-0.15, -0.1) is 0 Å². The zero-order chi connectivity index (χ0) is 16.2. The molecule has 22 heavy (non-hydrogen) atoms. The van der Waals surface area contributed by atoms with Gasteiger partial charge in [-0.1, -0.05) is 45.9 Å². The van der Waals surface area contributed by atoms with E-state index in [1.54, 1.807) is 5.06 Å². The highest BCUT2D eigenvalue weighted by atomic mass is 16.5. The zero-order valence-electron chi connectivity index (χ0n) is 14.5. The van der Waals surface area contributed by atoms with Crippen LogP contribution in [0.25, 0.3) is 0 Å². The SMILES string of the molecule is CCC1(CC)CC(Oc2ccccc2)CC(CC)(CC)N1O. The number of nitrogens with zero attached hydrogens (tertiary/aromatic N) is 1. The molecule has 124 valence electrons. The first-order valence-electron chi connectivity index (χ1n) is 8.76. The summed E-state index contributed by atoms with van der Waals surface area (Å²) in [6.45, 7) is 8.70. The number of hydrogen-bond donors (Lipinski definition) is 1. The molecule has 0 radical (unpaired) electrons. The molecule has 0 bridgehead atoms.